The van der Waals surface area contributed by atoms with Crippen LogP contribution >= 0.6 is 22.6 Å². The minimum absolute atomic E-state index is 0.141. The van der Waals surface area contributed by atoms with E-state index in [0.29, 0.717) is 17.0 Å². The molecule has 25 heavy (non-hydrogen) atoms. The molecule has 0 saturated heterocycles. The summed E-state index contributed by atoms with van der Waals surface area (Å²) in [6.45, 7) is 1.88. The number of anilines is 1. The number of aryl methyl sites for hydroxylation is 1. The average Bonchev–Trinajstić information content (AvgIpc) is 3.07. The third-order valence-corrected chi connectivity index (χ3v) is 4.23. The topological polar surface area (TPSA) is 51.5 Å². The van der Waals surface area contributed by atoms with E-state index in [0.717, 1.165) is 9.32 Å². The zero-order chi connectivity index (χ0) is 17.8. The van der Waals surface area contributed by atoms with Gasteiger partial charge in [-0.3, -0.25) is 4.79 Å². The summed E-state index contributed by atoms with van der Waals surface area (Å²) in [6, 6.07) is 15.4. The highest BCUT2D eigenvalue weighted by Gasteiger charge is 2.12. The number of carbonyl (C=O) groups is 1. The van der Waals surface area contributed by atoms with Gasteiger partial charge in [0, 0.05) is 9.26 Å². The van der Waals surface area contributed by atoms with E-state index in [4.69, 9.17) is 9.15 Å². The van der Waals surface area contributed by atoms with Crippen molar-refractivity contribution in [3.8, 4) is 5.75 Å². The van der Waals surface area contributed by atoms with Crippen LogP contribution in [0.3, 0.4) is 0 Å². The summed E-state index contributed by atoms with van der Waals surface area (Å²) in [4.78, 5) is 12.2. The van der Waals surface area contributed by atoms with E-state index >= 15 is 0 Å². The molecular weight excluding hydrogens is 436 g/mol. The molecule has 6 heteroatoms. The van der Waals surface area contributed by atoms with Crippen LogP contribution in [-0.4, -0.2) is 5.91 Å². The lowest BCUT2D eigenvalue weighted by Crippen LogP contribution is -2.11. The Morgan fingerprint density at radius 3 is 2.64 bits per heavy atom. The van der Waals surface area contributed by atoms with Gasteiger partial charge < -0.3 is 14.5 Å². The molecule has 1 heterocycles. The van der Waals surface area contributed by atoms with Gasteiger partial charge >= 0.3 is 0 Å². The maximum absolute atomic E-state index is 13.5. The van der Waals surface area contributed by atoms with Gasteiger partial charge in [-0.1, -0.05) is 6.07 Å². The van der Waals surface area contributed by atoms with Crippen molar-refractivity contribution >= 4 is 34.2 Å². The lowest BCUT2D eigenvalue weighted by atomic mass is 10.2. The van der Waals surface area contributed by atoms with E-state index in [1.54, 1.807) is 31.2 Å². The molecule has 3 aromatic rings. The Bertz CT molecular complexity index is 890. The van der Waals surface area contributed by atoms with Crippen LogP contribution in [0.5, 0.6) is 5.75 Å². The zero-order valence-corrected chi connectivity index (χ0v) is 15.5. The minimum atomic E-state index is -0.441. The van der Waals surface area contributed by atoms with Crippen molar-refractivity contribution in [2.75, 3.05) is 5.32 Å². The Morgan fingerprint density at radius 2 is 1.92 bits per heavy atom. The molecule has 1 aromatic heterocycles. The normalized spacial score (nSPS) is 10.5. The lowest BCUT2D eigenvalue weighted by Gasteiger charge is -2.05. The number of carbonyl (C=O) groups excluding carboxylic acids is 1. The molecule has 0 radical (unpaired) electrons. The predicted octanol–water partition coefficient (Wildman–Crippen LogP) is 5.16. The molecular formula is C19H15FINO3. The Labute approximate surface area is 158 Å². The first-order chi connectivity index (χ1) is 12.0. The highest BCUT2D eigenvalue weighted by molar-refractivity contribution is 14.1. The van der Waals surface area contributed by atoms with Gasteiger partial charge in [0.15, 0.2) is 5.76 Å². The molecule has 0 aliphatic rings. The fourth-order valence-corrected chi connectivity index (χ4v) is 2.49. The van der Waals surface area contributed by atoms with Crippen molar-refractivity contribution in [2.24, 2.45) is 0 Å². The van der Waals surface area contributed by atoms with Crippen LogP contribution in [0.1, 0.15) is 21.9 Å². The van der Waals surface area contributed by atoms with Crippen LogP contribution in [0, 0.1) is 16.3 Å². The molecule has 1 amide bonds. The lowest BCUT2D eigenvalue weighted by molar-refractivity contribution is 0.0992. The van der Waals surface area contributed by atoms with E-state index in [9.17, 15) is 9.18 Å². The number of nitrogens with one attached hydrogen (secondary N) is 1. The van der Waals surface area contributed by atoms with Gasteiger partial charge in [-0.25, -0.2) is 4.39 Å². The van der Waals surface area contributed by atoms with Crippen molar-refractivity contribution in [2.45, 2.75) is 13.5 Å². The van der Waals surface area contributed by atoms with Gasteiger partial charge in [-0.2, -0.15) is 0 Å². The third-order valence-electron chi connectivity index (χ3n) is 3.51. The Morgan fingerprint density at radius 1 is 1.16 bits per heavy atom. The summed E-state index contributed by atoms with van der Waals surface area (Å²) in [5.74, 6) is 0.576. The van der Waals surface area contributed by atoms with Gasteiger partial charge in [-0.05, 0) is 83.6 Å². The first-order valence-corrected chi connectivity index (χ1v) is 8.64. The first-order valence-electron chi connectivity index (χ1n) is 7.56. The summed E-state index contributed by atoms with van der Waals surface area (Å²) < 4.78 is 25.7. The van der Waals surface area contributed by atoms with Crippen LogP contribution in [-0.2, 0) is 6.61 Å². The molecule has 128 valence electrons. The second-order valence-electron chi connectivity index (χ2n) is 5.43. The second kappa shape index (κ2) is 7.69. The molecule has 0 unspecified atom stereocenters. The van der Waals surface area contributed by atoms with Crippen LogP contribution in [0.4, 0.5) is 10.1 Å². The molecule has 4 nitrogen and oxygen atoms in total. The molecule has 0 saturated carbocycles. The molecule has 0 aliphatic heterocycles. The molecule has 0 aliphatic carbocycles. The van der Waals surface area contributed by atoms with Crippen molar-refractivity contribution in [3.63, 3.8) is 0 Å². The summed E-state index contributed by atoms with van der Waals surface area (Å²) in [6.07, 6.45) is 0. The van der Waals surface area contributed by atoms with E-state index in [-0.39, 0.29) is 18.2 Å². The number of hydrogen-bond acceptors (Lipinski definition) is 3. The summed E-state index contributed by atoms with van der Waals surface area (Å²) in [5.41, 5.74) is 0.896. The average molecular weight is 451 g/mol. The molecule has 0 bridgehead atoms. The smallest absolute Gasteiger partial charge is 0.291 e. The maximum Gasteiger partial charge on any atom is 0.291 e. The minimum Gasteiger partial charge on any atom is -0.486 e. The van der Waals surface area contributed by atoms with Crippen molar-refractivity contribution in [3.05, 3.63) is 81.1 Å². The van der Waals surface area contributed by atoms with Gasteiger partial charge in [0.1, 0.15) is 23.9 Å². The quantitative estimate of drug-likeness (QED) is 0.546. The first kappa shape index (κ1) is 17.5. The van der Waals surface area contributed by atoms with Crippen LogP contribution in [0.2, 0.25) is 0 Å². The number of amides is 1. The number of ether oxygens (including phenoxy) is 1. The molecule has 0 fully saturated rings. The van der Waals surface area contributed by atoms with Gasteiger partial charge in [-0.15, -0.1) is 0 Å². The van der Waals surface area contributed by atoms with Crippen LogP contribution in [0.15, 0.2) is 59.0 Å². The Balaban J connectivity index is 1.61. The third kappa shape index (κ3) is 4.60. The summed E-state index contributed by atoms with van der Waals surface area (Å²) in [5, 5.41) is 2.61. The van der Waals surface area contributed by atoms with E-state index in [2.05, 4.69) is 27.9 Å². The van der Waals surface area contributed by atoms with Crippen LogP contribution < -0.4 is 10.1 Å². The number of hydrogen-bond donors (Lipinski definition) is 1. The maximum atomic E-state index is 13.5. The zero-order valence-electron chi connectivity index (χ0n) is 13.4. The largest absolute Gasteiger partial charge is 0.486 e. The van der Waals surface area contributed by atoms with Gasteiger partial charge in [0.05, 0.1) is 0 Å². The van der Waals surface area contributed by atoms with Crippen molar-refractivity contribution < 1.29 is 18.3 Å². The number of furan rings is 1. The SMILES string of the molecule is Cc1ccc(NC(=O)c2ccc(COc3ccc(I)cc3)o2)cc1F. The van der Waals surface area contributed by atoms with E-state index in [1.165, 1.54) is 6.07 Å². The number of benzene rings is 2. The number of halogens is 2. The highest BCUT2D eigenvalue weighted by Crippen LogP contribution is 2.18. The molecule has 0 spiro atoms. The Hall–Kier alpha value is -2.35. The Kier molecular flexibility index (Phi) is 5.37. The standard InChI is InChI=1S/C19H15FINO3/c1-12-2-5-14(10-17(12)20)22-19(23)18-9-8-16(25-18)11-24-15-6-3-13(21)4-7-15/h2-10H,11H2,1H3,(H,22,23). The van der Waals surface area contributed by atoms with Crippen molar-refractivity contribution in [1.82, 2.24) is 0 Å². The molecule has 3 rings (SSSR count). The fourth-order valence-electron chi connectivity index (χ4n) is 2.13. The molecule has 0 atom stereocenters. The second-order valence-corrected chi connectivity index (χ2v) is 6.67. The fraction of sp³-hybridized carbons (Fsp3) is 0.105. The van der Waals surface area contributed by atoms with Crippen LogP contribution in [0.25, 0.3) is 0 Å². The number of rotatable bonds is 5. The summed E-state index contributed by atoms with van der Waals surface area (Å²) >= 11 is 2.22. The van der Waals surface area contributed by atoms with E-state index < -0.39 is 5.91 Å². The van der Waals surface area contributed by atoms with Gasteiger partial charge in [0.2, 0.25) is 0 Å². The van der Waals surface area contributed by atoms with E-state index in [1.807, 2.05) is 24.3 Å². The summed E-state index contributed by atoms with van der Waals surface area (Å²) in [7, 11) is 0. The molecule has 2 aromatic carbocycles. The van der Waals surface area contributed by atoms with Gasteiger partial charge in [0.25, 0.3) is 5.91 Å². The molecule has 1 N–H and O–H groups in total. The predicted molar refractivity (Wildman–Crippen MR) is 101 cm³/mol. The van der Waals surface area contributed by atoms with Crippen molar-refractivity contribution in [1.29, 1.82) is 0 Å². The highest BCUT2D eigenvalue weighted by atomic mass is 127. The monoisotopic (exact) mass is 451 g/mol.